The summed E-state index contributed by atoms with van der Waals surface area (Å²) in [7, 11) is 5.65. The highest BCUT2D eigenvalue weighted by Gasteiger charge is 2.14. The Bertz CT molecular complexity index is 969. The summed E-state index contributed by atoms with van der Waals surface area (Å²) in [4.78, 5) is 6.43. The molecule has 1 aromatic carbocycles. The van der Waals surface area contributed by atoms with Crippen molar-refractivity contribution in [2.75, 3.05) is 25.5 Å². The summed E-state index contributed by atoms with van der Waals surface area (Å²) in [6.45, 7) is 0.584. The monoisotopic (exact) mass is 362 g/mol. The number of pyridine rings is 1. The number of nitrogens with two attached hydrogens (primary N) is 1. The molecule has 0 spiro atoms. The number of ether oxygens (including phenoxy) is 1. The van der Waals surface area contributed by atoms with Gasteiger partial charge in [-0.2, -0.15) is 10.4 Å². The highest BCUT2D eigenvalue weighted by molar-refractivity contribution is 5.69. The molecule has 3 rings (SSSR count). The van der Waals surface area contributed by atoms with Crippen LogP contribution in [0.2, 0.25) is 0 Å². The lowest BCUT2D eigenvalue weighted by Crippen LogP contribution is -2.09. The first kappa shape index (κ1) is 18.4. The van der Waals surface area contributed by atoms with Crippen molar-refractivity contribution in [2.45, 2.75) is 6.42 Å². The van der Waals surface area contributed by atoms with Crippen LogP contribution in [-0.2, 0) is 13.5 Å². The van der Waals surface area contributed by atoms with Crippen molar-refractivity contribution in [1.29, 1.82) is 5.26 Å². The average Bonchev–Trinajstić information content (AvgIpc) is 3.03. The number of anilines is 1. The molecule has 0 aliphatic carbocycles. The number of hydrogen-bond acceptors (Lipinski definition) is 6. The summed E-state index contributed by atoms with van der Waals surface area (Å²) in [6, 6.07) is 13.3. The Hall–Kier alpha value is -3.37. The third-order valence-corrected chi connectivity index (χ3v) is 4.14. The summed E-state index contributed by atoms with van der Waals surface area (Å²) in [5.41, 5.74) is 8.77. The maximum absolute atomic E-state index is 9.26. The molecule has 0 unspecified atom stereocenters. The molecule has 0 radical (unpaired) electrons. The smallest absolute Gasteiger partial charge is 0.219 e. The Morgan fingerprint density at radius 1 is 1.22 bits per heavy atom. The molecule has 0 saturated carbocycles. The highest BCUT2D eigenvalue weighted by atomic mass is 16.5. The molecule has 0 aliphatic heterocycles. The van der Waals surface area contributed by atoms with Crippen molar-refractivity contribution in [3.05, 3.63) is 53.7 Å². The molecular weight excluding hydrogens is 340 g/mol. The Morgan fingerprint density at radius 2 is 2.04 bits per heavy atom. The van der Waals surface area contributed by atoms with Crippen molar-refractivity contribution in [3.63, 3.8) is 0 Å². The van der Waals surface area contributed by atoms with Crippen LogP contribution in [0.15, 0.2) is 42.6 Å². The Morgan fingerprint density at radius 3 is 2.63 bits per heavy atom. The highest BCUT2D eigenvalue weighted by Crippen LogP contribution is 2.34. The summed E-state index contributed by atoms with van der Waals surface area (Å²) in [5, 5.41) is 13.7. The van der Waals surface area contributed by atoms with Crippen LogP contribution < -0.4 is 15.4 Å². The molecule has 7 heteroatoms. The second-order valence-corrected chi connectivity index (χ2v) is 6.37. The van der Waals surface area contributed by atoms with E-state index < -0.39 is 0 Å². The van der Waals surface area contributed by atoms with Crippen molar-refractivity contribution < 1.29 is 4.74 Å². The molecule has 0 bridgehead atoms. The summed E-state index contributed by atoms with van der Waals surface area (Å²) in [5.74, 6) is 1.92. The minimum Gasteiger partial charge on any atom is -0.438 e. The summed E-state index contributed by atoms with van der Waals surface area (Å²) >= 11 is 0. The van der Waals surface area contributed by atoms with Crippen molar-refractivity contribution >= 4 is 5.82 Å². The zero-order chi connectivity index (χ0) is 19.4. The molecule has 2 aromatic heterocycles. The summed E-state index contributed by atoms with van der Waals surface area (Å²) in [6.07, 6.45) is 2.60. The lowest BCUT2D eigenvalue weighted by molar-refractivity contribution is 0.432. The fourth-order valence-corrected chi connectivity index (χ4v) is 2.65. The SMILES string of the molecule is CN(C)c1cc(Oc2cc(C#N)ccc2-c2ccc(CCN)cn2)n(C)n1. The van der Waals surface area contributed by atoms with Gasteiger partial charge in [-0.3, -0.25) is 4.98 Å². The van der Waals surface area contributed by atoms with Gasteiger partial charge in [-0.25, -0.2) is 4.68 Å². The average molecular weight is 362 g/mol. The molecule has 27 heavy (non-hydrogen) atoms. The third-order valence-electron chi connectivity index (χ3n) is 4.14. The number of aryl methyl sites for hydroxylation is 1. The molecule has 0 aliphatic rings. The normalized spacial score (nSPS) is 10.5. The van der Waals surface area contributed by atoms with Crippen LogP contribution >= 0.6 is 0 Å². The van der Waals surface area contributed by atoms with Crippen molar-refractivity contribution in [1.82, 2.24) is 14.8 Å². The predicted octanol–water partition coefficient (Wildman–Crippen LogP) is 2.71. The number of hydrogen-bond donors (Lipinski definition) is 1. The van der Waals surface area contributed by atoms with E-state index in [-0.39, 0.29) is 0 Å². The van der Waals surface area contributed by atoms with Crippen LogP contribution in [0.3, 0.4) is 0 Å². The zero-order valence-corrected chi connectivity index (χ0v) is 15.7. The van der Waals surface area contributed by atoms with Crippen LogP contribution in [-0.4, -0.2) is 35.4 Å². The molecular formula is C20H22N6O. The molecule has 0 saturated heterocycles. The first-order chi connectivity index (χ1) is 13.0. The maximum atomic E-state index is 9.26. The molecule has 7 nitrogen and oxygen atoms in total. The molecule has 0 fully saturated rings. The van der Waals surface area contributed by atoms with Crippen LogP contribution in [0.5, 0.6) is 11.6 Å². The van der Waals surface area contributed by atoms with Crippen LogP contribution in [0.25, 0.3) is 11.3 Å². The minimum atomic E-state index is 0.517. The van der Waals surface area contributed by atoms with E-state index in [0.29, 0.717) is 23.7 Å². The molecule has 138 valence electrons. The van der Waals surface area contributed by atoms with Gasteiger partial charge < -0.3 is 15.4 Å². The van der Waals surface area contributed by atoms with Gasteiger partial charge in [0, 0.05) is 39.0 Å². The van der Waals surface area contributed by atoms with Crippen LogP contribution in [0, 0.1) is 11.3 Å². The third kappa shape index (κ3) is 4.07. The van der Waals surface area contributed by atoms with Gasteiger partial charge in [-0.05, 0) is 42.8 Å². The van der Waals surface area contributed by atoms with Gasteiger partial charge in [0.25, 0.3) is 0 Å². The largest absolute Gasteiger partial charge is 0.438 e. The van der Waals surface area contributed by atoms with E-state index in [1.807, 2.05) is 56.5 Å². The van der Waals surface area contributed by atoms with Gasteiger partial charge in [0.05, 0.1) is 17.3 Å². The molecule has 2 N–H and O–H groups in total. The van der Waals surface area contributed by atoms with E-state index in [1.54, 1.807) is 16.8 Å². The van der Waals surface area contributed by atoms with Gasteiger partial charge in [0.15, 0.2) is 5.82 Å². The Kier molecular flexibility index (Phi) is 5.38. The van der Waals surface area contributed by atoms with E-state index in [9.17, 15) is 5.26 Å². The first-order valence-corrected chi connectivity index (χ1v) is 8.60. The van der Waals surface area contributed by atoms with Gasteiger partial charge in [0.2, 0.25) is 5.88 Å². The summed E-state index contributed by atoms with van der Waals surface area (Å²) < 4.78 is 7.77. The van der Waals surface area contributed by atoms with E-state index in [2.05, 4.69) is 16.2 Å². The number of rotatable bonds is 6. The van der Waals surface area contributed by atoms with Gasteiger partial charge in [0.1, 0.15) is 5.75 Å². The lowest BCUT2D eigenvalue weighted by atomic mass is 10.1. The standard InChI is InChI=1S/C20H22N6O/c1-25(2)19-11-20(26(3)24-19)27-18-10-15(12-22)4-6-16(18)17-7-5-14(8-9-21)13-23-17/h4-7,10-11,13H,8-9,21H2,1-3H3. The number of aromatic nitrogens is 3. The second kappa shape index (κ2) is 7.89. The van der Waals surface area contributed by atoms with E-state index in [0.717, 1.165) is 29.1 Å². The molecule has 0 amide bonds. The van der Waals surface area contributed by atoms with E-state index in [4.69, 9.17) is 10.5 Å². The van der Waals surface area contributed by atoms with Crippen molar-refractivity contribution in [2.24, 2.45) is 12.8 Å². The van der Waals surface area contributed by atoms with Crippen LogP contribution in [0.1, 0.15) is 11.1 Å². The number of nitrogens with zero attached hydrogens (tertiary/aromatic N) is 5. The van der Waals surface area contributed by atoms with Crippen LogP contribution in [0.4, 0.5) is 5.82 Å². The molecule has 0 atom stereocenters. The fourth-order valence-electron chi connectivity index (χ4n) is 2.65. The van der Waals surface area contributed by atoms with Crippen molar-refractivity contribution in [3.8, 4) is 29.0 Å². The predicted molar refractivity (Wildman–Crippen MR) is 105 cm³/mol. The number of benzene rings is 1. The topological polar surface area (TPSA) is 93.0 Å². The lowest BCUT2D eigenvalue weighted by Gasteiger charge is -2.11. The van der Waals surface area contributed by atoms with E-state index >= 15 is 0 Å². The Balaban J connectivity index is 2.00. The quantitative estimate of drug-likeness (QED) is 0.725. The van der Waals surface area contributed by atoms with Gasteiger partial charge >= 0.3 is 0 Å². The minimum absolute atomic E-state index is 0.517. The van der Waals surface area contributed by atoms with Gasteiger partial charge in [-0.1, -0.05) is 6.07 Å². The molecule has 2 heterocycles. The maximum Gasteiger partial charge on any atom is 0.219 e. The van der Waals surface area contributed by atoms with E-state index in [1.165, 1.54) is 0 Å². The first-order valence-electron chi connectivity index (χ1n) is 8.60. The fraction of sp³-hybridized carbons (Fsp3) is 0.250. The Labute approximate surface area is 158 Å². The zero-order valence-electron chi connectivity index (χ0n) is 15.7. The molecule has 3 aromatic rings. The van der Waals surface area contributed by atoms with Gasteiger partial charge in [-0.15, -0.1) is 0 Å². The number of nitriles is 1. The second-order valence-electron chi connectivity index (χ2n) is 6.37.